The highest BCUT2D eigenvalue weighted by molar-refractivity contribution is 14.1. The summed E-state index contributed by atoms with van der Waals surface area (Å²) in [6, 6.07) is 8.05. The van der Waals surface area contributed by atoms with Gasteiger partial charge in [0.15, 0.2) is 0 Å². The fourth-order valence-electron chi connectivity index (χ4n) is 1.30. The van der Waals surface area contributed by atoms with Crippen molar-refractivity contribution in [2.45, 2.75) is 13.3 Å². The van der Waals surface area contributed by atoms with Gasteiger partial charge in [0.2, 0.25) is 3.83 Å². The lowest BCUT2D eigenvalue weighted by atomic mass is 10.2. The number of aromatic nitrogens is 2. The van der Waals surface area contributed by atoms with Crippen molar-refractivity contribution in [1.82, 2.24) is 9.36 Å². The van der Waals surface area contributed by atoms with Crippen LogP contribution in [0.25, 0.3) is 0 Å². The summed E-state index contributed by atoms with van der Waals surface area (Å²) in [4.78, 5) is 4.27. The maximum absolute atomic E-state index is 5.64. The Morgan fingerprint density at radius 2 is 2.31 bits per heavy atom. The summed E-state index contributed by atoms with van der Waals surface area (Å²) in [5.74, 6) is 0.916. The first kappa shape index (κ1) is 11.8. The molecule has 0 aliphatic heterocycles. The highest BCUT2D eigenvalue weighted by Gasteiger charge is 2.01. The summed E-state index contributed by atoms with van der Waals surface area (Å²) >= 11 is 3.55. The average Bonchev–Trinajstić information content (AvgIpc) is 2.64. The lowest BCUT2D eigenvalue weighted by molar-refractivity contribution is 0.321. The van der Waals surface area contributed by atoms with Gasteiger partial charge in [-0.25, -0.2) is 4.98 Å². The second-order valence-corrected chi connectivity index (χ2v) is 5.17. The lowest BCUT2D eigenvalue weighted by Gasteiger charge is -2.04. The molecule has 0 unspecified atom stereocenters. The van der Waals surface area contributed by atoms with Crippen LogP contribution in [0.15, 0.2) is 24.3 Å². The topological polar surface area (TPSA) is 35.0 Å². The first-order chi connectivity index (χ1) is 7.74. The maximum atomic E-state index is 5.64. The Balaban J connectivity index is 1.84. The van der Waals surface area contributed by atoms with Gasteiger partial charge >= 0.3 is 0 Å². The van der Waals surface area contributed by atoms with Crippen LogP contribution in [0.2, 0.25) is 0 Å². The molecule has 2 rings (SSSR count). The van der Waals surface area contributed by atoms with Crippen LogP contribution >= 0.6 is 34.1 Å². The van der Waals surface area contributed by atoms with Crippen molar-refractivity contribution in [3.8, 4) is 5.75 Å². The molecule has 1 heterocycles. The van der Waals surface area contributed by atoms with Crippen LogP contribution in [0.1, 0.15) is 10.6 Å². The number of rotatable bonds is 4. The minimum absolute atomic E-state index is 0.648. The third kappa shape index (κ3) is 3.41. The Hall–Kier alpha value is -0.690. The van der Waals surface area contributed by atoms with Crippen LogP contribution in [-0.2, 0) is 6.42 Å². The SMILES string of the molecule is Cc1cccc(OCCc2nc(I)ns2)c1. The Bertz CT molecular complexity index is 473. The smallest absolute Gasteiger partial charge is 0.203 e. The number of nitrogens with zero attached hydrogens (tertiary/aromatic N) is 2. The van der Waals surface area contributed by atoms with Gasteiger partial charge in [-0.15, -0.1) is 0 Å². The molecule has 0 N–H and O–H groups in total. The van der Waals surface area contributed by atoms with E-state index < -0.39 is 0 Å². The van der Waals surface area contributed by atoms with Gasteiger partial charge < -0.3 is 4.74 Å². The molecule has 0 saturated heterocycles. The number of halogens is 1. The van der Waals surface area contributed by atoms with Crippen molar-refractivity contribution in [3.63, 3.8) is 0 Å². The van der Waals surface area contributed by atoms with Gasteiger partial charge in [0.1, 0.15) is 10.8 Å². The molecule has 3 nitrogen and oxygen atoms in total. The first-order valence-corrected chi connectivity index (χ1v) is 6.77. The summed E-state index contributed by atoms with van der Waals surface area (Å²) < 4.78 is 10.6. The minimum Gasteiger partial charge on any atom is -0.493 e. The molecule has 0 aliphatic rings. The van der Waals surface area contributed by atoms with Crippen LogP contribution in [0.4, 0.5) is 0 Å². The van der Waals surface area contributed by atoms with Gasteiger partial charge in [-0.05, 0) is 36.2 Å². The molecule has 5 heteroatoms. The van der Waals surface area contributed by atoms with E-state index in [1.54, 1.807) is 0 Å². The summed E-state index contributed by atoms with van der Waals surface area (Å²) in [5, 5.41) is 1.03. The zero-order valence-corrected chi connectivity index (χ0v) is 11.8. The normalized spacial score (nSPS) is 10.4. The highest BCUT2D eigenvalue weighted by atomic mass is 127. The molecule has 16 heavy (non-hydrogen) atoms. The zero-order valence-electron chi connectivity index (χ0n) is 8.81. The van der Waals surface area contributed by atoms with Gasteiger partial charge in [0.05, 0.1) is 6.61 Å². The van der Waals surface area contributed by atoms with Crippen LogP contribution < -0.4 is 4.74 Å². The largest absolute Gasteiger partial charge is 0.493 e. The van der Waals surface area contributed by atoms with Crippen molar-refractivity contribution >= 4 is 34.1 Å². The summed E-state index contributed by atoms with van der Waals surface area (Å²) in [7, 11) is 0. The van der Waals surface area contributed by atoms with E-state index in [1.165, 1.54) is 17.1 Å². The Morgan fingerprint density at radius 1 is 1.44 bits per heavy atom. The lowest BCUT2D eigenvalue weighted by Crippen LogP contribution is -2.01. The van der Waals surface area contributed by atoms with Gasteiger partial charge in [0, 0.05) is 29.0 Å². The second kappa shape index (κ2) is 5.58. The molecule has 84 valence electrons. The van der Waals surface area contributed by atoms with Crippen LogP contribution in [0.3, 0.4) is 0 Å². The Labute approximate surface area is 112 Å². The van der Waals surface area contributed by atoms with Crippen molar-refractivity contribution in [1.29, 1.82) is 0 Å². The number of ether oxygens (including phenoxy) is 1. The molecular weight excluding hydrogens is 335 g/mol. The second-order valence-electron chi connectivity index (χ2n) is 3.37. The summed E-state index contributed by atoms with van der Waals surface area (Å²) in [5.41, 5.74) is 1.21. The fourth-order valence-corrected chi connectivity index (χ4v) is 2.57. The maximum Gasteiger partial charge on any atom is 0.203 e. The molecule has 0 spiro atoms. The minimum atomic E-state index is 0.648. The van der Waals surface area contributed by atoms with Crippen LogP contribution in [0.5, 0.6) is 5.75 Å². The number of benzene rings is 1. The van der Waals surface area contributed by atoms with Crippen molar-refractivity contribution in [2.75, 3.05) is 6.61 Å². The first-order valence-electron chi connectivity index (χ1n) is 4.91. The van der Waals surface area contributed by atoms with Gasteiger partial charge in [0.25, 0.3) is 0 Å². The van der Waals surface area contributed by atoms with E-state index in [-0.39, 0.29) is 0 Å². The van der Waals surface area contributed by atoms with Gasteiger partial charge in [-0.1, -0.05) is 12.1 Å². The van der Waals surface area contributed by atoms with E-state index in [9.17, 15) is 0 Å². The van der Waals surface area contributed by atoms with E-state index in [2.05, 4.69) is 44.9 Å². The highest BCUT2D eigenvalue weighted by Crippen LogP contribution is 2.13. The van der Waals surface area contributed by atoms with E-state index in [1.807, 2.05) is 18.2 Å². The third-order valence-corrected chi connectivity index (χ3v) is 3.60. The molecule has 0 radical (unpaired) electrons. The molecule has 0 fully saturated rings. The quantitative estimate of drug-likeness (QED) is 0.798. The molecule has 0 atom stereocenters. The van der Waals surface area contributed by atoms with E-state index in [4.69, 9.17) is 4.74 Å². The molecular formula is C11H11IN2OS. The van der Waals surface area contributed by atoms with Crippen LogP contribution in [-0.4, -0.2) is 16.0 Å². The standard InChI is InChI=1S/C11H11IN2OS/c1-8-3-2-4-9(7-8)15-6-5-10-13-11(12)14-16-10/h2-4,7H,5-6H2,1H3. The molecule has 0 amide bonds. The average molecular weight is 346 g/mol. The predicted molar refractivity (Wildman–Crippen MR) is 73.0 cm³/mol. The van der Waals surface area contributed by atoms with E-state index in [0.29, 0.717) is 6.61 Å². The van der Waals surface area contributed by atoms with Gasteiger partial charge in [-0.3, -0.25) is 0 Å². The molecule has 1 aromatic carbocycles. The molecule has 0 saturated carbocycles. The van der Waals surface area contributed by atoms with Crippen LogP contribution in [0, 0.1) is 10.8 Å². The Morgan fingerprint density at radius 3 is 3.00 bits per heavy atom. The van der Waals surface area contributed by atoms with E-state index in [0.717, 1.165) is 21.0 Å². The molecule has 2 aromatic rings. The molecule has 0 aliphatic carbocycles. The third-order valence-electron chi connectivity index (χ3n) is 2.02. The van der Waals surface area contributed by atoms with Crippen molar-refractivity contribution in [3.05, 3.63) is 38.7 Å². The zero-order chi connectivity index (χ0) is 11.4. The van der Waals surface area contributed by atoms with Gasteiger partial charge in [-0.2, -0.15) is 4.37 Å². The van der Waals surface area contributed by atoms with E-state index >= 15 is 0 Å². The number of aryl methyl sites for hydroxylation is 1. The predicted octanol–water partition coefficient (Wildman–Crippen LogP) is 3.07. The monoisotopic (exact) mass is 346 g/mol. The van der Waals surface area contributed by atoms with Crippen molar-refractivity contribution < 1.29 is 4.74 Å². The van der Waals surface area contributed by atoms with Crippen molar-refractivity contribution in [2.24, 2.45) is 0 Å². The number of hydrogen-bond acceptors (Lipinski definition) is 4. The Kier molecular flexibility index (Phi) is 4.11. The summed E-state index contributed by atoms with van der Waals surface area (Å²) in [6.07, 6.45) is 0.814. The number of hydrogen-bond donors (Lipinski definition) is 0. The fraction of sp³-hybridized carbons (Fsp3) is 0.273. The molecule has 1 aromatic heterocycles. The summed E-state index contributed by atoms with van der Waals surface area (Å²) in [6.45, 7) is 2.70. The molecule has 0 bridgehead atoms.